The van der Waals surface area contributed by atoms with Gasteiger partial charge in [-0.2, -0.15) is 14.3 Å². The fraction of sp³-hybridized carbons (Fsp3) is 0.700. The van der Waals surface area contributed by atoms with E-state index in [1.807, 2.05) is 6.92 Å². The van der Waals surface area contributed by atoms with Gasteiger partial charge in [0.05, 0.1) is 18.4 Å². The van der Waals surface area contributed by atoms with Crippen LogP contribution < -0.4 is 11.1 Å². The number of ether oxygens (including phenoxy) is 1. The van der Waals surface area contributed by atoms with Crippen molar-refractivity contribution in [3.8, 4) is 0 Å². The fourth-order valence-electron chi connectivity index (χ4n) is 2.09. The Morgan fingerprint density at radius 3 is 3.00 bits per heavy atom. The van der Waals surface area contributed by atoms with E-state index in [0.29, 0.717) is 12.8 Å². The minimum Gasteiger partial charge on any atom is -0.352 e. The molecule has 114 valence electrons. The van der Waals surface area contributed by atoms with Gasteiger partial charge in [-0.25, -0.2) is 4.79 Å². The van der Waals surface area contributed by atoms with Gasteiger partial charge in [0, 0.05) is 6.20 Å². The summed E-state index contributed by atoms with van der Waals surface area (Å²) in [6.07, 6.45) is 1.78. The third-order valence-electron chi connectivity index (χ3n) is 3.18. The standard InChI is InChI=1S/C10H18N3O5PS/c1-6-4-13(10(14)12-9(6)11)8-3-2-7(18-8)5-17-19(15,16)20/h4,7-9,15-16,20H,2-3,5,11H2,1H3/p+1/t7-,8+,9?/m0/s1. The molecular formula is C10H19N3O5PS+. The quantitative estimate of drug-likeness (QED) is 0.375. The maximum Gasteiger partial charge on any atom is 0.472 e. The van der Waals surface area contributed by atoms with Crippen LogP contribution in [-0.2, 0) is 9.26 Å². The van der Waals surface area contributed by atoms with Crippen LogP contribution in [0, 0.1) is 0 Å². The fourth-order valence-corrected chi connectivity index (χ4v) is 2.66. The number of urea groups is 1. The van der Waals surface area contributed by atoms with Crippen molar-refractivity contribution in [3.05, 3.63) is 11.8 Å². The van der Waals surface area contributed by atoms with Crippen LogP contribution in [0.25, 0.3) is 0 Å². The van der Waals surface area contributed by atoms with Gasteiger partial charge in [-0.05, 0) is 25.3 Å². The number of carbonyl (C=O) groups excluding carboxylic acids is 1. The molecule has 0 aromatic heterocycles. The Labute approximate surface area is 122 Å². The molecule has 2 aliphatic rings. The lowest BCUT2D eigenvalue weighted by molar-refractivity contribution is -0.0354. The summed E-state index contributed by atoms with van der Waals surface area (Å²) in [6, 6.07) is -0.310. The van der Waals surface area contributed by atoms with E-state index in [1.165, 1.54) is 4.90 Å². The van der Waals surface area contributed by atoms with Crippen LogP contribution in [-0.4, -0.2) is 45.8 Å². The van der Waals surface area contributed by atoms with E-state index < -0.39 is 19.5 Å². The second-order valence-corrected chi connectivity index (χ2v) is 7.65. The number of hydrogen-bond acceptors (Lipinski definition) is 7. The molecule has 20 heavy (non-hydrogen) atoms. The molecule has 3 atom stereocenters. The number of nitrogens with zero attached hydrogens (tertiary/aromatic N) is 1. The molecule has 2 amide bonds. The summed E-state index contributed by atoms with van der Waals surface area (Å²) < 4.78 is 10.5. The largest absolute Gasteiger partial charge is 0.472 e. The number of hydrogen-bond donors (Lipinski definition) is 5. The summed E-state index contributed by atoms with van der Waals surface area (Å²) in [5.41, 5.74) is 6.54. The Morgan fingerprint density at radius 1 is 1.65 bits per heavy atom. The van der Waals surface area contributed by atoms with Crippen LogP contribution in [0.5, 0.6) is 0 Å². The average Bonchev–Trinajstić information content (AvgIpc) is 2.79. The summed E-state index contributed by atoms with van der Waals surface area (Å²) in [5.74, 6) is 0. The first-order valence-corrected chi connectivity index (χ1v) is 8.93. The number of carbonyl (C=O) groups is 1. The van der Waals surface area contributed by atoms with Gasteiger partial charge in [0.15, 0.2) is 0 Å². The lowest BCUT2D eigenvalue weighted by Crippen LogP contribution is -2.54. The first kappa shape index (κ1) is 16.0. The second kappa shape index (κ2) is 6.15. The van der Waals surface area contributed by atoms with Gasteiger partial charge in [-0.3, -0.25) is 4.90 Å². The smallest absolute Gasteiger partial charge is 0.352 e. The molecule has 1 saturated heterocycles. The molecular weight excluding hydrogens is 305 g/mol. The maximum absolute atomic E-state index is 11.9. The van der Waals surface area contributed by atoms with Crippen molar-refractivity contribution in [2.45, 2.75) is 38.3 Å². The Kier molecular flexibility index (Phi) is 4.91. The van der Waals surface area contributed by atoms with Crippen molar-refractivity contribution >= 4 is 25.4 Å². The summed E-state index contributed by atoms with van der Waals surface area (Å²) in [5, 5.41) is 2.63. The van der Waals surface area contributed by atoms with Crippen LogP contribution in [0.15, 0.2) is 11.8 Å². The number of amides is 2. The average molecular weight is 324 g/mol. The third-order valence-corrected chi connectivity index (χ3v) is 4.02. The van der Waals surface area contributed by atoms with E-state index in [9.17, 15) is 4.79 Å². The number of nitrogens with two attached hydrogens (primary N) is 1. The van der Waals surface area contributed by atoms with Gasteiger partial charge in [0.2, 0.25) is 0 Å². The molecule has 0 aromatic carbocycles. The summed E-state index contributed by atoms with van der Waals surface area (Å²) >= 11 is 3.53. The number of nitrogens with one attached hydrogen (secondary N) is 1. The molecule has 0 radical (unpaired) electrons. The summed E-state index contributed by atoms with van der Waals surface area (Å²) in [4.78, 5) is 31.4. The highest BCUT2D eigenvalue weighted by Gasteiger charge is 2.38. The van der Waals surface area contributed by atoms with Crippen molar-refractivity contribution in [3.63, 3.8) is 0 Å². The zero-order chi connectivity index (χ0) is 14.9. The van der Waals surface area contributed by atoms with Crippen molar-refractivity contribution in [2.24, 2.45) is 5.73 Å². The van der Waals surface area contributed by atoms with Crippen LogP contribution in [0.2, 0.25) is 0 Å². The highest BCUT2D eigenvalue weighted by molar-refractivity contribution is 8.47. The van der Waals surface area contributed by atoms with Crippen molar-refractivity contribution in [1.82, 2.24) is 10.2 Å². The van der Waals surface area contributed by atoms with E-state index in [0.717, 1.165) is 5.57 Å². The molecule has 0 aromatic rings. The second-order valence-electron chi connectivity index (χ2n) is 4.81. The van der Waals surface area contributed by atoms with Gasteiger partial charge in [0.25, 0.3) is 0 Å². The number of thiol groups is 1. The Bertz CT molecular complexity index is 416. The minimum atomic E-state index is -3.56. The van der Waals surface area contributed by atoms with Crippen LogP contribution >= 0.6 is 19.4 Å². The van der Waals surface area contributed by atoms with Gasteiger partial charge >= 0.3 is 13.2 Å². The minimum absolute atomic E-state index is 0.0262. The Morgan fingerprint density at radius 2 is 2.35 bits per heavy atom. The van der Waals surface area contributed by atoms with E-state index in [1.54, 1.807) is 6.20 Å². The summed E-state index contributed by atoms with van der Waals surface area (Å²) in [7, 11) is -3.56. The van der Waals surface area contributed by atoms with Crippen LogP contribution in [0.4, 0.5) is 4.79 Å². The Balaban J connectivity index is 1.91. The van der Waals surface area contributed by atoms with Gasteiger partial charge in [-0.1, -0.05) is 0 Å². The van der Waals surface area contributed by atoms with Crippen molar-refractivity contribution < 1.29 is 23.8 Å². The van der Waals surface area contributed by atoms with E-state index in [2.05, 4.69) is 17.6 Å². The van der Waals surface area contributed by atoms with Crippen LogP contribution in [0.3, 0.4) is 0 Å². The molecule has 2 aliphatic heterocycles. The summed E-state index contributed by atoms with van der Waals surface area (Å²) in [6.45, 7) is 1.85. The molecule has 0 saturated carbocycles. The normalized spacial score (nSPS) is 31.2. The molecule has 0 spiro atoms. The van der Waals surface area contributed by atoms with Crippen molar-refractivity contribution in [1.29, 1.82) is 0 Å². The molecule has 0 aliphatic carbocycles. The lowest BCUT2D eigenvalue weighted by atomic mass is 10.2. The van der Waals surface area contributed by atoms with E-state index in [-0.39, 0.29) is 18.7 Å². The molecule has 2 rings (SSSR count). The topological polar surface area (TPSA) is 117 Å². The molecule has 8 nitrogen and oxygen atoms in total. The van der Waals surface area contributed by atoms with E-state index in [4.69, 9.17) is 24.8 Å². The van der Waals surface area contributed by atoms with E-state index >= 15 is 0 Å². The first-order valence-electron chi connectivity index (χ1n) is 6.16. The monoisotopic (exact) mass is 324 g/mol. The Hall–Kier alpha value is -0.410. The zero-order valence-corrected chi connectivity index (χ0v) is 12.8. The molecule has 1 unspecified atom stereocenters. The number of rotatable bonds is 4. The van der Waals surface area contributed by atoms with Crippen molar-refractivity contribution in [2.75, 3.05) is 6.61 Å². The van der Waals surface area contributed by atoms with Gasteiger partial charge in [0.1, 0.15) is 19.0 Å². The molecule has 1 fully saturated rings. The predicted octanol–water partition coefficient (Wildman–Crippen LogP) is 0.314. The van der Waals surface area contributed by atoms with Gasteiger partial charge in [-0.15, -0.1) is 0 Å². The SMILES string of the molecule is CC1=CN([C@H]2CC[C@@H](CO[P+](O)(O)S)O2)C(=O)NC1N. The van der Waals surface area contributed by atoms with Gasteiger partial charge < -0.3 is 15.8 Å². The third kappa shape index (κ3) is 4.05. The predicted molar refractivity (Wildman–Crippen MR) is 76.3 cm³/mol. The first-order chi connectivity index (χ1) is 9.26. The highest BCUT2D eigenvalue weighted by Crippen LogP contribution is 2.56. The molecule has 2 heterocycles. The zero-order valence-electron chi connectivity index (χ0n) is 11.0. The highest BCUT2D eigenvalue weighted by atomic mass is 32.7. The molecule has 10 heteroatoms. The molecule has 5 N–H and O–H groups in total. The lowest BCUT2D eigenvalue weighted by Gasteiger charge is -2.32. The van der Waals surface area contributed by atoms with Crippen LogP contribution in [0.1, 0.15) is 19.8 Å². The molecule has 0 bridgehead atoms. The maximum atomic E-state index is 11.9.